The summed E-state index contributed by atoms with van der Waals surface area (Å²) in [5.74, 6) is 2.61. The second kappa shape index (κ2) is 16.1. The van der Waals surface area contributed by atoms with Crippen molar-refractivity contribution in [2.24, 2.45) is 17.8 Å². The number of hydrogen-bond acceptors (Lipinski definition) is 2. The molecule has 0 fully saturated rings. The second-order valence-electron chi connectivity index (χ2n) is 11.3. The predicted molar refractivity (Wildman–Crippen MR) is 144 cm³/mol. The molecular weight excluding hydrogens is 404 g/mol. The van der Waals surface area contributed by atoms with Crippen LogP contribution in [0.25, 0.3) is 0 Å². The molecule has 0 amide bonds. The summed E-state index contributed by atoms with van der Waals surface area (Å²) >= 11 is 0. The Hall–Kier alpha value is -1.57. The highest BCUT2D eigenvalue weighted by atomic mass is 16.5. The van der Waals surface area contributed by atoms with Gasteiger partial charge in [-0.3, -0.25) is 0 Å². The monoisotopic (exact) mass is 456 g/mol. The summed E-state index contributed by atoms with van der Waals surface area (Å²) in [6.07, 6.45) is 13.9. The third-order valence-electron chi connectivity index (χ3n) is 6.84. The van der Waals surface area contributed by atoms with Crippen LogP contribution >= 0.6 is 0 Å². The Morgan fingerprint density at radius 2 is 1.45 bits per heavy atom. The molecular formula is C31H52O2. The van der Waals surface area contributed by atoms with Gasteiger partial charge < -0.3 is 4.74 Å². The highest BCUT2D eigenvalue weighted by Crippen LogP contribution is 2.23. The molecule has 1 rings (SSSR count). The van der Waals surface area contributed by atoms with Crippen LogP contribution in [-0.4, -0.2) is 12.6 Å². The fourth-order valence-corrected chi connectivity index (χ4v) is 4.50. The molecule has 1 aromatic carbocycles. The smallest absolute Gasteiger partial charge is 0.338 e. The first-order valence-corrected chi connectivity index (χ1v) is 13.5. The van der Waals surface area contributed by atoms with E-state index in [4.69, 9.17) is 4.74 Å². The molecule has 0 saturated carbocycles. The number of carbonyl (C=O) groups excluding carboxylic acids is 1. The van der Waals surface area contributed by atoms with Crippen molar-refractivity contribution in [1.82, 2.24) is 0 Å². The van der Waals surface area contributed by atoms with E-state index in [0.29, 0.717) is 18.1 Å². The zero-order valence-corrected chi connectivity index (χ0v) is 23.0. The van der Waals surface area contributed by atoms with Crippen LogP contribution in [0, 0.1) is 24.7 Å². The number of rotatable bonds is 16. The van der Waals surface area contributed by atoms with Crippen LogP contribution in [-0.2, 0) is 4.74 Å². The van der Waals surface area contributed by atoms with Gasteiger partial charge in [0.2, 0.25) is 0 Å². The van der Waals surface area contributed by atoms with E-state index in [2.05, 4.69) is 60.6 Å². The molecule has 0 unspecified atom stereocenters. The number of benzene rings is 1. The van der Waals surface area contributed by atoms with Gasteiger partial charge in [0, 0.05) is 0 Å². The van der Waals surface area contributed by atoms with E-state index >= 15 is 0 Å². The highest BCUT2D eigenvalue weighted by molar-refractivity contribution is 5.91. The van der Waals surface area contributed by atoms with Crippen molar-refractivity contribution < 1.29 is 9.53 Å². The first kappa shape index (κ1) is 29.5. The highest BCUT2D eigenvalue weighted by Gasteiger charge is 2.15. The van der Waals surface area contributed by atoms with Gasteiger partial charge in [-0.2, -0.15) is 0 Å². The molecule has 0 saturated heterocycles. The third-order valence-corrected chi connectivity index (χ3v) is 6.84. The van der Waals surface area contributed by atoms with Crippen LogP contribution in [0.15, 0.2) is 29.8 Å². The lowest BCUT2D eigenvalue weighted by atomic mass is 9.91. The van der Waals surface area contributed by atoms with Crippen molar-refractivity contribution in [3.63, 3.8) is 0 Å². The standard InChI is InChI=1S/C31H52O2/c1-23(2)12-9-13-25(5)14-10-15-26(6)16-11-17-27(7)20-21-33-31(32)30-22-28(8)18-19-29(30)24(3)4/h18-20,22-26H,9-17,21H2,1-8H3/b27-20+/t25-,26-/m1/s1. The molecule has 0 N–H and O–H groups in total. The first-order chi connectivity index (χ1) is 15.6. The number of hydrogen-bond donors (Lipinski definition) is 0. The maximum Gasteiger partial charge on any atom is 0.338 e. The summed E-state index contributed by atoms with van der Waals surface area (Å²) in [5.41, 5.74) is 4.18. The number of aryl methyl sites for hydroxylation is 1. The number of allylic oxidation sites excluding steroid dienone is 1. The normalized spacial score (nSPS) is 14.1. The fraction of sp³-hybridized carbons (Fsp3) is 0.710. The molecule has 0 bridgehead atoms. The van der Waals surface area contributed by atoms with Gasteiger partial charge in [0.05, 0.1) is 5.56 Å². The molecule has 0 aliphatic heterocycles. The van der Waals surface area contributed by atoms with Crippen molar-refractivity contribution in [2.75, 3.05) is 6.61 Å². The Balaban J connectivity index is 2.26. The topological polar surface area (TPSA) is 26.3 Å². The van der Waals surface area contributed by atoms with E-state index in [1.54, 1.807) is 0 Å². The van der Waals surface area contributed by atoms with Gasteiger partial charge >= 0.3 is 5.97 Å². The summed E-state index contributed by atoms with van der Waals surface area (Å²) in [7, 11) is 0. The Kier molecular flexibility index (Phi) is 14.4. The predicted octanol–water partition coefficient (Wildman–Crippen LogP) is 9.66. The molecule has 1 aromatic rings. The summed E-state index contributed by atoms with van der Waals surface area (Å²) in [5, 5.41) is 0. The van der Waals surface area contributed by atoms with Crippen molar-refractivity contribution in [1.29, 1.82) is 0 Å². The largest absolute Gasteiger partial charge is 0.458 e. The van der Waals surface area contributed by atoms with Gasteiger partial charge in [0.1, 0.15) is 6.61 Å². The third kappa shape index (κ3) is 13.0. The van der Waals surface area contributed by atoms with Crippen molar-refractivity contribution in [2.45, 2.75) is 119 Å². The molecule has 0 aliphatic rings. The molecule has 33 heavy (non-hydrogen) atoms. The van der Waals surface area contributed by atoms with Crippen LogP contribution in [0.4, 0.5) is 0 Å². The minimum atomic E-state index is -0.210. The quantitative estimate of drug-likeness (QED) is 0.183. The van der Waals surface area contributed by atoms with E-state index in [9.17, 15) is 4.79 Å². The second-order valence-corrected chi connectivity index (χ2v) is 11.3. The van der Waals surface area contributed by atoms with Gasteiger partial charge in [0.15, 0.2) is 0 Å². The minimum Gasteiger partial charge on any atom is -0.458 e. The van der Waals surface area contributed by atoms with Crippen LogP contribution in [0.3, 0.4) is 0 Å². The molecule has 2 heteroatoms. The van der Waals surface area contributed by atoms with Gasteiger partial charge in [-0.25, -0.2) is 4.79 Å². The van der Waals surface area contributed by atoms with Gasteiger partial charge in [0.25, 0.3) is 0 Å². The molecule has 0 radical (unpaired) electrons. The van der Waals surface area contributed by atoms with Gasteiger partial charge in [-0.05, 0) is 68.1 Å². The van der Waals surface area contributed by atoms with E-state index in [0.717, 1.165) is 35.3 Å². The number of carbonyl (C=O) groups is 1. The number of ether oxygens (including phenoxy) is 1. The maximum atomic E-state index is 12.6. The van der Waals surface area contributed by atoms with E-state index in [-0.39, 0.29) is 5.97 Å². The lowest BCUT2D eigenvalue weighted by molar-refractivity contribution is 0.0547. The van der Waals surface area contributed by atoms with Crippen LogP contribution < -0.4 is 0 Å². The summed E-state index contributed by atoms with van der Waals surface area (Å²) < 4.78 is 5.57. The average Bonchev–Trinajstić information content (AvgIpc) is 2.73. The number of esters is 1. The Labute approximate surface area is 205 Å². The zero-order valence-electron chi connectivity index (χ0n) is 23.0. The summed E-state index contributed by atoms with van der Waals surface area (Å²) in [6, 6.07) is 6.06. The molecule has 0 spiro atoms. The molecule has 2 nitrogen and oxygen atoms in total. The van der Waals surface area contributed by atoms with Gasteiger partial charge in [-0.1, -0.05) is 110 Å². The molecule has 188 valence electrons. The SMILES string of the molecule is C/C(=C\COC(=O)c1cc(C)ccc1C(C)C)CCC[C@H](C)CCC[C@H](C)CCCC(C)C. The summed E-state index contributed by atoms with van der Waals surface area (Å²) in [6.45, 7) is 18.2. The van der Waals surface area contributed by atoms with E-state index in [1.807, 2.05) is 19.1 Å². The van der Waals surface area contributed by atoms with Crippen molar-refractivity contribution in [3.8, 4) is 0 Å². The Bertz CT molecular complexity index is 714. The van der Waals surface area contributed by atoms with Crippen LogP contribution in [0.2, 0.25) is 0 Å². The molecule has 0 aliphatic carbocycles. The van der Waals surface area contributed by atoms with Crippen molar-refractivity contribution >= 4 is 5.97 Å². The minimum absolute atomic E-state index is 0.210. The van der Waals surface area contributed by atoms with Gasteiger partial charge in [-0.15, -0.1) is 0 Å². The maximum absolute atomic E-state index is 12.6. The Morgan fingerprint density at radius 1 is 0.879 bits per heavy atom. The van der Waals surface area contributed by atoms with E-state index < -0.39 is 0 Å². The fourth-order valence-electron chi connectivity index (χ4n) is 4.50. The van der Waals surface area contributed by atoms with Crippen LogP contribution in [0.1, 0.15) is 134 Å². The lowest BCUT2D eigenvalue weighted by Gasteiger charge is -2.15. The van der Waals surface area contributed by atoms with E-state index in [1.165, 1.54) is 56.9 Å². The lowest BCUT2D eigenvalue weighted by Crippen LogP contribution is -2.10. The van der Waals surface area contributed by atoms with Crippen molar-refractivity contribution in [3.05, 3.63) is 46.5 Å². The summed E-state index contributed by atoms with van der Waals surface area (Å²) in [4.78, 5) is 12.6. The zero-order chi connectivity index (χ0) is 24.8. The first-order valence-electron chi connectivity index (χ1n) is 13.5. The van der Waals surface area contributed by atoms with Crippen LogP contribution in [0.5, 0.6) is 0 Å². The average molecular weight is 457 g/mol. The Morgan fingerprint density at radius 3 is 2.03 bits per heavy atom. The molecule has 2 atom stereocenters. The molecule has 0 aromatic heterocycles. The molecule has 0 heterocycles.